The normalized spacial score (nSPS) is 20.5. The summed E-state index contributed by atoms with van der Waals surface area (Å²) >= 11 is 3.82. The fourth-order valence-corrected chi connectivity index (χ4v) is 3.57. The molecule has 1 unspecified atom stereocenters. The van der Waals surface area contributed by atoms with Crippen molar-refractivity contribution in [3.8, 4) is 0 Å². The molecule has 0 radical (unpaired) electrons. The molecule has 1 heterocycles. The largest absolute Gasteiger partial charge is 0.323 e. The summed E-state index contributed by atoms with van der Waals surface area (Å²) in [7, 11) is 1.82. The summed E-state index contributed by atoms with van der Waals surface area (Å²) in [6, 6.07) is 6.36. The molecule has 0 aromatic heterocycles. The average Bonchev–Trinajstić information content (AvgIpc) is 2.34. The van der Waals surface area contributed by atoms with Crippen LogP contribution in [0.25, 0.3) is 0 Å². The Morgan fingerprint density at radius 2 is 2.26 bits per heavy atom. The van der Waals surface area contributed by atoms with Crippen molar-refractivity contribution in [2.75, 3.05) is 12.4 Å². The lowest BCUT2D eigenvalue weighted by Crippen LogP contribution is -2.35. The van der Waals surface area contributed by atoms with E-state index in [9.17, 15) is 4.79 Å². The highest BCUT2D eigenvalue weighted by Gasteiger charge is 2.24. The van der Waals surface area contributed by atoms with Crippen molar-refractivity contribution >= 4 is 27.6 Å². The van der Waals surface area contributed by atoms with Gasteiger partial charge in [-0.15, -0.1) is 0 Å². The van der Waals surface area contributed by atoms with Gasteiger partial charge in [-0.05, 0) is 29.5 Å². The zero-order valence-electron chi connectivity index (χ0n) is 11.2. The molecule has 0 spiro atoms. The number of amides is 2. The fourth-order valence-electron chi connectivity index (χ4n) is 2.76. The Kier molecular flexibility index (Phi) is 3.52. The molecule has 3 nitrogen and oxygen atoms in total. The van der Waals surface area contributed by atoms with E-state index < -0.39 is 0 Å². The lowest BCUT2D eigenvalue weighted by molar-refractivity contribution is 0.218. The van der Waals surface area contributed by atoms with Crippen molar-refractivity contribution in [3.63, 3.8) is 0 Å². The van der Waals surface area contributed by atoms with Crippen LogP contribution in [0.15, 0.2) is 18.2 Å². The fraction of sp³-hybridized carbons (Fsp3) is 0.533. The van der Waals surface area contributed by atoms with Gasteiger partial charge in [-0.2, -0.15) is 0 Å². The maximum atomic E-state index is 11.6. The number of nitrogens with zero attached hydrogens (tertiary/aromatic N) is 1. The third-order valence-corrected chi connectivity index (χ3v) is 5.15. The lowest BCUT2D eigenvalue weighted by Gasteiger charge is -2.29. The van der Waals surface area contributed by atoms with Gasteiger partial charge in [0.05, 0.1) is 0 Å². The van der Waals surface area contributed by atoms with Crippen molar-refractivity contribution in [1.82, 2.24) is 4.90 Å². The van der Waals surface area contributed by atoms with E-state index in [1.807, 2.05) is 13.1 Å². The first-order valence-corrected chi connectivity index (χ1v) is 7.84. The molecule has 3 rings (SSSR count). The van der Waals surface area contributed by atoms with E-state index in [2.05, 4.69) is 33.4 Å². The number of carbonyl (C=O) groups excluding carboxylic acids is 1. The molecule has 2 aliphatic rings. The molecule has 1 aliphatic heterocycles. The number of hydrogen-bond donors (Lipinski definition) is 1. The van der Waals surface area contributed by atoms with Gasteiger partial charge in [0, 0.05) is 24.1 Å². The summed E-state index contributed by atoms with van der Waals surface area (Å²) in [5, 5.41) is 2.91. The summed E-state index contributed by atoms with van der Waals surface area (Å²) in [5.74, 6) is 0.891. The molecule has 1 aromatic carbocycles. The number of anilines is 1. The second-order valence-electron chi connectivity index (χ2n) is 5.70. The second-order valence-corrected chi connectivity index (χ2v) is 6.81. The van der Waals surface area contributed by atoms with E-state index in [1.165, 1.54) is 36.8 Å². The topological polar surface area (TPSA) is 32.3 Å². The van der Waals surface area contributed by atoms with E-state index in [1.54, 1.807) is 4.90 Å². The Hall–Kier alpha value is -1.03. The summed E-state index contributed by atoms with van der Waals surface area (Å²) in [6.07, 6.45) is 5.38. The number of urea groups is 1. The van der Waals surface area contributed by atoms with Crippen LogP contribution in [0.1, 0.15) is 41.6 Å². The van der Waals surface area contributed by atoms with Crippen molar-refractivity contribution in [3.05, 3.63) is 29.3 Å². The summed E-state index contributed by atoms with van der Waals surface area (Å²) in [4.78, 5) is 13.7. The van der Waals surface area contributed by atoms with Crippen LogP contribution in [0.5, 0.6) is 0 Å². The number of carbonyl (C=O) groups is 1. The van der Waals surface area contributed by atoms with Crippen LogP contribution in [0.3, 0.4) is 0 Å². The Morgan fingerprint density at radius 3 is 2.95 bits per heavy atom. The van der Waals surface area contributed by atoms with Crippen molar-refractivity contribution in [2.24, 2.45) is 5.92 Å². The van der Waals surface area contributed by atoms with Gasteiger partial charge in [0.1, 0.15) is 0 Å². The minimum absolute atomic E-state index is 0.0230. The SMILES string of the molecule is CN1Cc2cc(C(Br)CC3CCC3)ccc2NC1=O. The van der Waals surface area contributed by atoms with Crippen LogP contribution in [-0.4, -0.2) is 18.0 Å². The highest BCUT2D eigenvalue weighted by atomic mass is 79.9. The molecule has 1 saturated carbocycles. The van der Waals surface area contributed by atoms with Crippen LogP contribution in [-0.2, 0) is 6.54 Å². The number of benzene rings is 1. The monoisotopic (exact) mass is 322 g/mol. The number of fused-ring (bicyclic) bond motifs is 1. The highest BCUT2D eigenvalue weighted by molar-refractivity contribution is 9.09. The van der Waals surface area contributed by atoms with E-state index in [0.29, 0.717) is 11.4 Å². The molecule has 19 heavy (non-hydrogen) atoms. The van der Waals surface area contributed by atoms with Gasteiger partial charge in [-0.3, -0.25) is 0 Å². The molecule has 102 valence electrons. The maximum absolute atomic E-state index is 11.6. The smallest absolute Gasteiger partial charge is 0.321 e. The number of rotatable bonds is 3. The quantitative estimate of drug-likeness (QED) is 0.827. The summed E-state index contributed by atoms with van der Waals surface area (Å²) < 4.78 is 0. The zero-order valence-corrected chi connectivity index (χ0v) is 12.7. The molecule has 1 aromatic rings. The van der Waals surface area contributed by atoms with Crippen molar-refractivity contribution in [2.45, 2.75) is 37.1 Å². The molecule has 1 aliphatic carbocycles. The third kappa shape index (κ3) is 2.64. The first-order valence-electron chi connectivity index (χ1n) is 6.92. The van der Waals surface area contributed by atoms with Crippen LogP contribution >= 0.6 is 15.9 Å². The molecule has 4 heteroatoms. The molecule has 1 N–H and O–H groups in total. The molecular weight excluding hydrogens is 304 g/mol. The van der Waals surface area contributed by atoms with Gasteiger partial charge >= 0.3 is 6.03 Å². The van der Waals surface area contributed by atoms with E-state index in [0.717, 1.165) is 11.6 Å². The van der Waals surface area contributed by atoms with Crippen LogP contribution in [0.2, 0.25) is 0 Å². The van der Waals surface area contributed by atoms with Gasteiger partial charge in [0.15, 0.2) is 0 Å². The van der Waals surface area contributed by atoms with Gasteiger partial charge in [0.25, 0.3) is 0 Å². The number of alkyl halides is 1. The van der Waals surface area contributed by atoms with Crippen LogP contribution in [0, 0.1) is 5.92 Å². The minimum Gasteiger partial charge on any atom is -0.323 e. The standard InChI is InChI=1S/C15H19BrN2O/c1-18-9-12-8-11(5-6-14(12)17-15(18)19)13(16)7-10-3-2-4-10/h5-6,8,10,13H,2-4,7,9H2,1H3,(H,17,19). The summed E-state index contributed by atoms with van der Waals surface area (Å²) in [6.45, 7) is 0.693. The zero-order chi connectivity index (χ0) is 13.4. The Morgan fingerprint density at radius 1 is 1.47 bits per heavy atom. The predicted molar refractivity (Wildman–Crippen MR) is 80.6 cm³/mol. The van der Waals surface area contributed by atoms with Crippen LogP contribution < -0.4 is 5.32 Å². The average molecular weight is 323 g/mol. The molecular formula is C15H19BrN2O. The predicted octanol–water partition coefficient (Wildman–Crippen LogP) is 4.29. The van der Waals surface area contributed by atoms with E-state index >= 15 is 0 Å². The molecule has 1 atom stereocenters. The molecule has 0 saturated heterocycles. The molecule has 0 bridgehead atoms. The lowest BCUT2D eigenvalue weighted by atomic mass is 9.81. The van der Waals surface area contributed by atoms with Crippen LogP contribution in [0.4, 0.5) is 10.5 Å². The van der Waals surface area contributed by atoms with Gasteiger partial charge < -0.3 is 10.2 Å². The number of nitrogens with one attached hydrogen (secondary N) is 1. The minimum atomic E-state index is -0.0230. The number of hydrogen-bond acceptors (Lipinski definition) is 1. The number of halogens is 1. The Bertz CT molecular complexity index is 499. The second kappa shape index (κ2) is 5.16. The maximum Gasteiger partial charge on any atom is 0.321 e. The highest BCUT2D eigenvalue weighted by Crippen LogP contribution is 2.39. The van der Waals surface area contributed by atoms with Crippen molar-refractivity contribution < 1.29 is 4.79 Å². The third-order valence-electron chi connectivity index (χ3n) is 4.25. The van der Waals surface area contributed by atoms with Gasteiger partial charge in [-0.25, -0.2) is 4.79 Å². The Balaban J connectivity index is 1.76. The van der Waals surface area contributed by atoms with Gasteiger partial charge in [0.2, 0.25) is 0 Å². The van der Waals surface area contributed by atoms with E-state index in [4.69, 9.17) is 0 Å². The molecule has 2 amide bonds. The molecule has 1 fully saturated rings. The summed E-state index contributed by atoms with van der Waals surface area (Å²) in [5.41, 5.74) is 3.49. The Labute approximate surface area is 122 Å². The van der Waals surface area contributed by atoms with E-state index in [-0.39, 0.29) is 6.03 Å². The first-order chi connectivity index (χ1) is 9.13. The first kappa shape index (κ1) is 13.0. The van der Waals surface area contributed by atoms with Gasteiger partial charge in [-0.1, -0.05) is 47.3 Å². The van der Waals surface area contributed by atoms with Crippen molar-refractivity contribution in [1.29, 1.82) is 0 Å².